The molecular weight excluding hydrogens is 244 g/mol. The van der Waals surface area contributed by atoms with Crippen LogP contribution in [0, 0.1) is 6.92 Å². The lowest BCUT2D eigenvalue weighted by Crippen LogP contribution is -2.34. The first-order valence-electron chi connectivity index (χ1n) is 6.18. The number of aryl methyl sites for hydroxylation is 1. The molecule has 1 heterocycles. The summed E-state index contributed by atoms with van der Waals surface area (Å²) in [7, 11) is 3.09. The molecule has 1 fully saturated rings. The number of esters is 1. The predicted molar refractivity (Wildman–Crippen MR) is 70.7 cm³/mol. The number of urea groups is 1. The average Bonchev–Trinajstić information content (AvgIpc) is 2.67. The van der Waals surface area contributed by atoms with Crippen LogP contribution < -0.4 is 0 Å². The highest BCUT2D eigenvalue weighted by Crippen LogP contribution is 2.29. The molecule has 1 aromatic carbocycles. The van der Waals surface area contributed by atoms with Crippen molar-refractivity contribution in [3.63, 3.8) is 0 Å². The Hall–Kier alpha value is -2.04. The number of rotatable bonds is 3. The molecule has 1 aliphatic rings. The van der Waals surface area contributed by atoms with E-state index in [1.54, 1.807) is 11.9 Å². The second kappa shape index (κ2) is 5.30. The summed E-state index contributed by atoms with van der Waals surface area (Å²) in [6.45, 7) is 2.54. The van der Waals surface area contributed by atoms with Gasteiger partial charge in [-0.15, -0.1) is 0 Å². The Bertz CT molecular complexity index is 501. The van der Waals surface area contributed by atoms with Crippen LogP contribution in [0.1, 0.15) is 17.2 Å². The Kier molecular flexibility index (Phi) is 3.74. The molecule has 2 rings (SSSR count). The minimum absolute atomic E-state index is 0.00204. The standard InChI is InChI=1S/C14H18N2O3/c1-10-6-4-5-7-11(10)12-8-16(9-13(17)19-3)14(18)15(12)2/h4-7,12H,8-9H2,1-3H3. The van der Waals surface area contributed by atoms with Crippen LogP contribution in [0.15, 0.2) is 24.3 Å². The van der Waals surface area contributed by atoms with E-state index in [0.717, 1.165) is 11.1 Å². The SMILES string of the molecule is COC(=O)CN1CC(c2ccccc2C)N(C)C1=O. The first kappa shape index (κ1) is 13.4. The van der Waals surface area contributed by atoms with E-state index in [-0.39, 0.29) is 18.6 Å². The third-order valence-electron chi connectivity index (χ3n) is 3.53. The molecule has 5 nitrogen and oxygen atoms in total. The predicted octanol–water partition coefficient (Wildman–Crippen LogP) is 1.58. The maximum Gasteiger partial charge on any atom is 0.325 e. The number of amides is 2. The van der Waals surface area contributed by atoms with Crippen LogP contribution in [0.25, 0.3) is 0 Å². The van der Waals surface area contributed by atoms with Crippen molar-refractivity contribution >= 4 is 12.0 Å². The summed E-state index contributed by atoms with van der Waals surface area (Å²) in [6.07, 6.45) is 0. The van der Waals surface area contributed by atoms with Crippen LogP contribution in [-0.4, -0.2) is 49.0 Å². The summed E-state index contributed by atoms with van der Waals surface area (Å²) < 4.78 is 4.61. The van der Waals surface area contributed by atoms with Crippen LogP contribution in [-0.2, 0) is 9.53 Å². The summed E-state index contributed by atoms with van der Waals surface area (Å²) in [5.74, 6) is -0.396. The minimum atomic E-state index is -0.396. The van der Waals surface area contributed by atoms with Gasteiger partial charge in [0.2, 0.25) is 0 Å². The summed E-state index contributed by atoms with van der Waals surface area (Å²) in [4.78, 5) is 26.6. The fourth-order valence-electron chi connectivity index (χ4n) is 2.39. The van der Waals surface area contributed by atoms with Gasteiger partial charge in [0.05, 0.1) is 13.2 Å². The molecule has 5 heteroatoms. The highest BCUT2D eigenvalue weighted by Gasteiger charge is 2.36. The van der Waals surface area contributed by atoms with E-state index in [1.807, 2.05) is 31.2 Å². The van der Waals surface area contributed by atoms with Gasteiger partial charge < -0.3 is 14.5 Å². The van der Waals surface area contributed by atoms with Crippen molar-refractivity contribution in [1.29, 1.82) is 0 Å². The van der Waals surface area contributed by atoms with Crippen molar-refractivity contribution in [2.45, 2.75) is 13.0 Å². The molecule has 0 aromatic heterocycles. The van der Waals surface area contributed by atoms with E-state index in [1.165, 1.54) is 12.0 Å². The van der Waals surface area contributed by atoms with Crippen molar-refractivity contribution < 1.29 is 14.3 Å². The Labute approximate surface area is 112 Å². The average molecular weight is 262 g/mol. The Morgan fingerprint density at radius 1 is 1.42 bits per heavy atom. The number of benzene rings is 1. The number of carbonyl (C=O) groups excluding carboxylic acids is 2. The first-order valence-corrected chi connectivity index (χ1v) is 6.18. The van der Waals surface area contributed by atoms with E-state index in [4.69, 9.17) is 0 Å². The van der Waals surface area contributed by atoms with Crippen LogP contribution in [0.2, 0.25) is 0 Å². The van der Waals surface area contributed by atoms with Gasteiger partial charge in [0.15, 0.2) is 0 Å². The van der Waals surface area contributed by atoms with Gasteiger partial charge >= 0.3 is 12.0 Å². The van der Waals surface area contributed by atoms with Gasteiger partial charge in [-0.3, -0.25) is 4.79 Å². The first-order chi connectivity index (χ1) is 9.04. The van der Waals surface area contributed by atoms with Crippen LogP contribution >= 0.6 is 0 Å². The molecule has 0 bridgehead atoms. The van der Waals surface area contributed by atoms with E-state index < -0.39 is 5.97 Å². The zero-order valence-corrected chi connectivity index (χ0v) is 11.4. The lowest BCUT2D eigenvalue weighted by molar-refractivity contribution is -0.141. The van der Waals surface area contributed by atoms with Crippen molar-refractivity contribution in [3.8, 4) is 0 Å². The van der Waals surface area contributed by atoms with Crippen molar-refractivity contribution in [1.82, 2.24) is 9.80 Å². The van der Waals surface area contributed by atoms with Crippen LogP contribution in [0.3, 0.4) is 0 Å². The number of carbonyl (C=O) groups is 2. The smallest absolute Gasteiger partial charge is 0.325 e. The molecule has 2 amide bonds. The molecule has 0 spiro atoms. The number of hydrogen-bond donors (Lipinski definition) is 0. The minimum Gasteiger partial charge on any atom is -0.468 e. The molecule has 0 aliphatic carbocycles. The van der Waals surface area contributed by atoms with Gasteiger partial charge in [0.1, 0.15) is 6.54 Å². The third kappa shape index (κ3) is 2.54. The number of nitrogens with zero attached hydrogens (tertiary/aromatic N) is 2. The molecule has 1 aliphatic heterocycles. The maximum atomic E-state index is 12.1. The monoisotopic (exact) mass is 262 g/mol. The van der Waals surface area contributed by atoms with Crippen molar-refractivity contribution in [2.75, 3.05) is 27.2 Å². The summed E-state index contributed by atoms with van der Waals surface area (Å²) >= 11 is 0. The Morgan fingerprint density at radius 3 is 2.74 bits per heavy atom. The van der Waals surface area contributed by atoms with Gasteiger partial charge in [0.25, 0.3) is 0 Å². The number of ether oxygens (including phenoxy) is 1. The van der Waals surface area contributed by atoms with E-state index in [0.29, 0.717) is 6.54 Å². The van der Waals surface area contributed by atoms with E-state index >= 15 is 0 Å². The van der Waals surface area contributed by atoms with Crippen molar-refractivity contribution in [2.24, 2.45) is 0 Å². The Morgan fingerprint density at radius 2 is 2.11 bits per heavy atom. The molecule has 0 radical (unpaired) electrons. The lowest BCUT2D eigenvalue weighted by atomic mass is 10.0. The molecule has 102 valence electrons. The highest BCUT2D eigenvalue weighted by atomic mass is 16.5. The van der Waals surface area contributed by atoms with Gasteiger partial charge in [0, 0.05) is 13.6 Å². The van der Waals surface area contributed by atoms with Gasteiger partial charge in [-0.05, 0) is 18.1 Å². The summed E-state index contributed by atoms with van der Waals surface area (Å²) in [6, 6.07) is 7.82. The quantitative estimate of drug-likeness (QED) is 0.777. The fourth-order valence-corrected chi connectivity index (χ4v) is 2.39. The zero-order valence-electron chi connectivity index (χ0n) is 11.4. The summed E-state index contributed by atoms with van der Waals surface area (Å²) in [5.41, 5.74) is 2.26. The topological polar surface area (TPSA) is 49.9 Å². The fraction of sp³-hybridized carbons (Fsp3) is 0.429. The molecular formula is C14H18N2O3. The molecule has 1 saturated heterocycles. The number of likely N-dealkylation sites (N-methyl/N-ethyl adjacent to an activating group) is 1. The zero-order chi connectivity index (χ0) is 14.0. The maximum absolute atomic E-state index is 12.1. The Balaban J connectivity index is 2.19. The second-order valence-electron chi connectivity index (χ2n) is 4.72. The molecule has 1 aromatic rings. The normalized spacial score (nSPS) is 18.9. The number of hydrogen-bond acceptors (Lipinski definition) is 3. The largest absolute Gasteiger partial charge is 0.468 e. The highest BCUT2D eigenvalue weighted by molar-refractivity contribution is 5.82. The van der Waals surface area contributed by atoms with Gasteiger partial charge in [-0.1, -0.05) is 24.3 Å². The number of methoxy groups -OCH3 is 1. The summed E-state index contributed by atoms with van der Waals surface area (Å²) in [5, 5.41) is 0. The second-order valence-corrected chi connectivity index (χ2v) is 4.72. The van der Waals surface area contributed by atoms with Crippen LogP contribution in [0.5, 0.6) is 0 Å². The van der Waals surface area contributed by atoms with Crippen molar-refractivity contribution in [3.05, 3.63) is 35.4 Å². The van der Waals surface area contributed by atoms with E-state index in [2.05, 4.69) is 4.74 Å². The van der Waals surface area contributed by atoms with Crippen LogP contribution in [0.4, 0.5) is 4.79 Å². The molecule has 0 saturated carbocycles. The van der Waals surface area contributed by atoms with Gasteiger partial charge in [-0.2, -0.15) is 0 Å². The van der Waals surface area contributed by atoms with Gasteiger partial charge in [-0.25, -0.2) is 4.79 Å². The third-order valence-corrected chi connectivity index (χ3v) is 3.53. The van der Waals surface area contributed by atoms with E-state index in [9.17, 15) is 9.59 Å². The molecule has 19 heavy (non-hydrogen) atoms. The molecule has 0 N–H and O–H groups in total. The molecule has 1 unspecified atom stereocenters. The lowest BCUT2D eigenvalue weighted by Gasteiger charge is -2.19. The molecule has 1 atom stereocenters.